The van der Waals surface area contributed by atoms with Crippen LogP contribution in [0.25, 0.3) is 0 Å². The van der Waals surface area contributed by atoms with Gasteiger partial charge < -0.3 is 5.11 Å². The summed E-state index contributed by atoms with van der Waals surface area (Å²) in [5.74, 6) is 0.870. The molecule has 2 N–H and O–H groups in total. The molecule has 1 aliphatic carbocycles. The van der Waals surface area contributed by atoms with E-state index < -0.39 is 10.0 Å². The monoisotopic (exact) mass is 311 g/mol. The van der Waals surface area contributed by atoms with E-state index >= 15 is 0 Å². The van der Waals surface area contributed by atoms with Gasteiger partial charge in [0.1, 0.15) is 0 Å². The Labute approximate surface area is 127 Å². The third-order valence-electron chi connectivity index (χ3n) is 4.44. The molecule has 2 rings (SSSR count). The number of nitrogens with one attached hydrogen (secondary N) is 1. The van der Waals surface area contributed by atoms with Crippen molar-refractivity contribution < 1.29 is 13.5 Å². The predicted octanol–water partition coefficient (Wildman–Crippen LogP) is 2.50. The number of aliphatic hydroxyl groups is 1. The fourth-order valence-electron chi connectivity index (χ4n) is 2.95. The lowest BCUT2D eigenvalue weighted by Gasteiger charge is -2.18. The van der Waals surface area contributed by atoms with Gasteiger partial charge >= 0.3 is 0 Å². The van der Waals surface area contributed by atoms with E-state index in [1.165, 1.54) is 0 Å². The molecule has 1 saturated carbocycles. The summed E-state index contributed by atoms with van der Waals surface area (Å²) in [6.45, 7) is 4.72. The Morgan fingerprint density at radius 3 is 2.38 bits per heavy atom. The van der Waals surface area contributed by atoms with E-state index in [4.69, 9.17) is 0 Å². The van der Waals surface area contributed by atoms with Crippen molar-refractivity contribution >= 4 is 10.0 Å². The van der Waals surface area contributed by atoms with E-state index in [-0.39, 0.29) is 18.4 Å². The van der Waals surface area contributed by atoms with Gasteiger partial charge in [0.2, 0.25) is 10.0 Å². The molecule has 2 unspecified atom stereocenters. The second-order valence-corrected chi connectivity index (χ2v) is 7.98. The Kier molecular flexibility index (Phi) is 5.41. The van der Waals surface area contributed by atoms with Crippen molar-refractivity contribution in [1.29, 1.82) is 0 Å². The minimum absolute atomic E-state index is 0.148. The first-order valence-electron chi connectivity index (χ1n) is 7.64. The van der Waals surface area contributed by atoms with Gasteiger partial charge in [-0.15, -0.1) is 0 Å². The van der Waals surface area contributed by atoms with Gasteiger partial charge in [-0.25, -0.2) is 13.1 Å². The Morgan fingerprint density at radius 1 is 1.19 bits per heavy atom. The maximum absolute atomic E-state index is 12.3. The Bertz CT molecular complexity index is 551. The Balaban J connectivity index is 2.01. The lowest BCUT2D eigenvalue weighted by molar-refractivity contribution is 0.195. The maximum atomic E-state index is 12.3. The van der Waals surface area contributed by atoms with Crippen LogP contribution in [0.2, 0.25) is 0 Å². The standard InChI is InChI=1S/C16H25NO3S/c1-12(2)13-6-8-16(9-7-13)21(19,20)17-10-14-4-3-5-15(14)11-18/h6-9,12,14-15,17-18H,3-5,10-11H2,1-2H3. The highest BCUT2D eigenvalue weighted by Crippen LogP contribution is 2.31. The summed E-state index contributed by atoms with van der Waals surface area (Å²) in [6, 6.07) is 7.06. The topological polar surface area (TPSA) is 66.4 Å². The van der Waals surface area contributed by atoms with E-state index in [0.29, 0.717) is 17.4 Å². The van der Waals surface area contributed by atoms with Gasteiger partial charge in [0, 0.05) is 13.2 Å². The quantitative estimate of drug-likeness (QED) is 0.848. The highest BCUT2D eigenvalue weighted by molar-refractivity contribution is 7.89. The zero-order valence-corrected chi connectivity index (χ0v) is 13.6. The van der Waals surface area contributed by atoms with Gasteiger partial charge in [-0.1, -0.05) is 32.4 Å². The number of rotatable bonds is 6. The van der Waals surface area contributed by atoms with Crippen LogP contribution >= 0.6 is 0 Å². The summed E-state index contributed by atoms with van der Waals surface area (Å²) in [7, 11) is -3.45. The van der Waals surface area contributed by atoms with Gasteiger partial charge in [-0.2, -0.15) is 0 Å². The molecule has 2 atom stereocenters. The zero-order chi connectivity index (χ0) is 15.5. The minimum atomic E-state index is -3.45. The van der Waals surface area contributed by atoms with E-state index in [9.17, 15) is 13.5 Å². The summed E-state index contributed by atoms with van der Waals surface area (Å²) in [6.07, 6.45) is 3.05. The fourth-order valence-corrected chi connectivity index (χ4v) is 4.05. The maximum Gasteiger partial charge on any atom is 0.240 e. The number of hydrogen-bond acceptors (Lipinski definition) is 3. The van der Waals surface area contributed by atoms with Crippen molar-refractivity contribution in [2.24, 2.45) is 11.8 Å². The number of hydrogen-bond donors (Lipinski definition) is 2. The second kappa shape index (κ2) is 6.90. The molecule has 0 heterocycles. The van der Waals surface area contributed by atoms with Crippen LogP contribution in [0.3, 0.4) is 0 Å². The van der Waals surface area contributed by atoms with Crippen LogP contribution < -0.4 is 4.72 Å². The first kappa shape index (κ1) is 16.5. The van der Waals surface area contributed by atoms with Crippen molar-refractivity contribution in [2.75, 3.05) is 13.2 Å². The van der Waals surface area contributed by atoms with Gasteiger partial charge in [0.15, 0.2) is 0 Å². The molecule has 0 aliphatic heterocycles. The van der Waals surface area contributed by atoms with Crippen molar-refractivity contribution in [3.05, 3.63) is 29.8 Å². The van der Waals surface area contributed by atoms with E-state index in [0.717, 1.165) is 24.8 Å². The van der Waals surface area contributed by atoms with Crippen LogP contribution in [0.15, 0.2) is 29.2 Å². The molecule has 0 spiro atoms. The summed E-state index contributed by atoms with van der Waals surface area (Å²) in [4.78, 5) is 0.311. The van der Waals surface area contributed by atoms with Crippen LogP contribution in [0, 0.1) is 11.8 Å². The van der Waals surface area contributed by atoms with Gasteiger partial charge in [0.05, 0.1) is 4.90 Å². The first-order chi connectivity index (χ1) is 9.94. The molecule has 1 aromatic carbocycles. The largest absolute Gasteiger partial charge is 0.396 e. The SMILES string of the molecule is CC(C)c1ccc(S(=O)(=O)NCC2CCCC2CO)cc1. The highest BCUT2D eigenvalue weighted by Gasteiger charge is 2.28. The lowest BCUT2D eigenvalue weighted by Crippen LogP contribution is -2.31. The van der Waals surface area contributed by atoms with Crippen molar-refractivity contribution in [1.82, 2.24) is 4.72 Å². The molecule has 0 bridgehead atoms. The summed E-state index contributed by atoms with van der Waals surface area (Å²) >= 11 is 0. The summed E-state index contributed by atoms with van der Waals surface area (Å²) in [5, 5.41) is 9.29. The molecule has 1 aromatic rings. The van der Waals surface area contributed by atoms with E-state index in [2.05, 4.69) is 18.6 Å². The van der Waals surface area contributed by atoms with Crippen LogP contribution in [0.1, 0.15) is 44.6 Å². The van der Waals surface area contributed by atoms with E-state index in [1.807, 2.05) is 12.1 Å². The average molecular weight is 311 g/mol. The third kappa shape index (κ3) is 4.05. The van der Waals surface area contributed by atoms with Crippen molar-refractivity contribution in [2.45, 2.75) is 43.9 Å². The van der Waals surface area contributed by atoms with E-state index in [1.54, 1.807) is 12.1 Å². The highest BCUT2D eigenvalue weighted by atomic mass is 32.2. The number of aliphatic hydroxyl groups excluding tert-OH is 1. The van der Waals surface area contributed by atoms with Crippen molar-refractivity contribution in [3.63, 3.8) is 0 Å². The molecule has 1 aliphatic rings. The minimum Gasteiger partial charge on any atom is -0.396 e. The zero-order valence-electron chi connectivity index (χ0n) is 12.7. The molecule has 21 heavy (non-hydrogen) atoms. The van der Waals surface area contributed by atoms with Crippen LogP contribution in [0.5, 0.6) is 0 Å². The van der Waals surface area contributed by atoms with Crippen LogP contribution in [-0.2, 0) is 10.0 Å². The number of benzene rings is 1. The first-order valence-corrected chi connectivity index (χ1v) is 9.13. The normalized spacial score (nSPS) is 22.9. The smallest absolute Gasteiger partial charge is 0.240 e. The molecule has 0 saturated heterocycles. The van der Waals surface area contributed by atoms with Gasteiger partial charge in [0.25, 0.3) is 0 Å². The lowest BCUT2D eigenvalue weighted by atomic mass is 9.97. The molecule has 0 aromatic heterocycles. The van der Waals surface area contributed by atoms with Crippen LogP contribution in [-0.4, -0.2) is 26.7 Å². The molecule has 0 radical (unpaired) electrons. The molecule has 1 fully saturated rings. The Morgan fingerprint density at radius 2 is 1.81 bits per heavy atom. The summed E-state index contributed by atoms with van der Waals surface area (Å²) < 4.78 is 27.3. The number of sulfonamides is 1. The third-order valence-corrected chi connectivity index (χ3v) is 5.88. The summed E-state index contributed by atoms with van der Waals surface area (Å²) in [5.41, 5.74) is 1.13. The molecule has 0 amide bonds. The average Bonchev–Trinajstić information content (AvgIpc) is 2.93. The molecule has 5 heteroatoms. The van der Waals surface area contributed by atoms with Crippen molar-refractivity contribution in [3.8, 4) is 0 Å². The van der Waals surface area contributed by atoms with Gasteiger partial charge in [-0.3, -0.25) is 0 Å². The van der Waals surface area contributed by atoms with Gasteiger partial charge in [-0.05, 0) is 48.3 Å². The van der Waals surface area contributed by atoms with Crippen LogP contribution in [0.4, 0.5) is 0 Å². The predicted molar refractivity (Wildman–Crippen MR) is 83.6 cm³/mol. The molecule has 4 nitrogen and oxygen atoms in total. The second-order valence-electron chi connectivity index (χ2n) is 6.21. The molecule has 118 valence electrons. The Hall–Kier alpha value is -0.910. The molecular formula is C16H25NO3S. The fraction of sp³-hybridized carbons (Fsp3) is 0.625. The molecular weight excluding hydrogens is 286 g/mol.